The predicted octanol–water partition coefficient (Wildman–Crippen LogP) is 6.70. The Balaban J connectivity index is 1.76. The number of benzene rings is 3. The normalized spacial score (nSPS) is 19.3. The average molecular weight is 369 g/mol. The Morgan fingerprint density at radius 1 is 0.640 bits per heavy atom. The Morgan fingerprint density at radius 3 is 1.56 bits per heavy atom. The third kappa shape index (κ3) is 3.60. The van der Waals surface area contributed by atoms with Crippen LogP contribution >= 0.6 is 23.2 Å². The lowest BCUT2D eigenvalue weighted by molar-refractivity contribution is 0.623. The van der Waals surface area contributed by atoms with E-state index in [4.69, 9.17) is 23.2 Å². The second-order valence-electron chi connectivity index (χ2n) is 6.29. The summed E-state index contributed by atoms with van der Waals surface area (Å²) < 4.78 is 0. The molecule has 126 valence electrons. The van der Waals surface area contributed by atoms with Gasteiger partial charge in [-0.15, -0.1) is 0 Å². The van der Waals surface area contributed by atoms with Gasteiger partial charge in [0.1, 0.15) is 0 Å². The molecule has 0 aromatic heterocycles. The summed E-state index contributed by atoms with van der Waals surface area (Å²) in [6, 6.07) is 24.7. The molecule has 0 saturated heterocycles. The minimum Gasteiger partial charge on any atom is -0.376 e. The molecule has 0 spiro atoms. The molecule has 0 aliphatic carbocycles. The maximum absolute atomic E-state index is 6.22. The van der Waals surface area contributed by atoms with E-state index in [9.17, 15) is 0 Å². The molecule has 3 aromatic carbocycles. The van der Waals surface area contributed by atoms with Crippen molar-refractivity contribution in [3.05, 3.63) is 94.0 Å². The fourth-order valence-corrected chi connectivity index (χ4v) is 3.75. The Bertz CT molecular complexity index is 822. The number of rotatable bonds is 2. The summed E-state index contributed by atoms with van der Waals surface area (Å²) >= 11 is 12.4. The summed E-state index contributed by atoms with van der Waals surface area (Å²) in [7, 11) is 0. The van der Waals surface area contributed by atoms with Gasteiger partial charge in [-0.05, 0) is 53.9 Å². The largest absolute Gasteiger partial charge is 0.376 e. The number of nitrogens with one attached hydrogen (secondary N) is 2. The first-order valence-electron chi connectivity index (χ1n) is 8.32. The van der Waals surface area contributed by atoms with E-state index in [2.05, 4.69) is 34.9 Å². The summed E-state index contributed by atoms with van der Waals surface area (Å²) in [5, 5.41) is 8.83. The second-order valence-corrected chi connectivity index (χ2v) is 7.16. The van der Waals surface area contributed by atoms with Crippen molar-refractivity contribution in [1.82, 2.24) is 0 Å². The summed E-state index contributed by atoms with van der Waals surface area (Å²) in [6.07, 6.45) is 0.884. The van der Waals surface area contributed by atoms with Gasteiger partial charge >= 0.3 is 0 Å². The second kappa shape index (κ2) is 6.99. The fraction of sp³-hybridized carbons (Fsp3) is 0.143. The van der Waals surface area contributed by atoms with E-state index >= 15 is 0 Å². The van der Waals surface area contributed by atoms with E-state index in [0.29, 0.717) is 0 Å². The molecule has 2 unspecified atom stereocenters. The van der Waals surface area contributed by atoms with E-state index in [1.165, 1.54) is 11.1 Å². The molecular weight excluding hydrogens is 351 g/mol. The molecule has 0 fully saturated rings. The number of para-hydroxylation sites is 2. The van der Waals surface area contributed by atoms with Crippen LogP contribution in [0.25, 0.3) is 0 Å². The zero-order valence-corrected chi connectivity index (χ0v) is 15.1. The number of hydrogen-bond acceptors (Lipinski definition) is 2. The van der Waals surface area contributed by atoms with Crippen LogP contribution in [-0.2, 0) is 0 Å². The molecule has 2 atom stereocenters. The first-order chi connectivity index (χ1) is 12.2. The lowest BCUT2D eigenvalue weighted by Gasteiger charge is -2.23. The third-order valence-corrected chi connectivity index (χ3v) is 5.03. The van der Waals surface area contributed by atoms with Gasteiger partial charge in [-0.25, -0.2) is 0 Å². The van der Waals surface area contributed by atoms with E-state index in [1.807, 2.05) is 48.5 Å². The van der Waals surface area contributed by atoms with Gasteiger partial charge in [-0.1, -0.05) is 59.6 Å². The van der Waals surface area contributed by atoms with Gasteiger partial charge in [-0.2, -0.15) is 0 Å². The summed E-state index contributed by atoms with van der Waals surface area (Å²) in [4.78, 5) is 0. The van der Waals surface area contributed by atoms with Crippen molar-refractivity contribution in [2.75, 3.05) is 10.6 Å². The van der Waals surface area contributed by atoms with Gasteiger partial charge in [0.05, 0.1) is 23.5 Å². The Kier molecular flexibility index (Phi) is 4.56. The van der Waals surface area contributed by atoms with E-state index in [0.717, 1.165) is 27.8 Å². The Labute approximate surface area is 157 Å². The third-order valence-electron chi connectivity index (χ3n) is 4.56. The van der Waals surface area contributed by atoms with Crippen molar-refractivity contribution in [1.29, 1.82) is 0 Å². The lowest BCUT2D eigenvalue weighted by Crippen LogP contribution is -2.15. The number of hydrogen-bond donors (Lipinski definition) is 2. The van der Waals surface area contributed by atoms with Crippen LogP contribution in [0.15, 0.2) is 72.8 Å². The summed E-state index contributed by atoms with van der Waals surface area (Å²) in [6.45, 7) is 0. The van der Waals surface area contributed by atoms with Crippen molar-refractivity contribution in [2.24, 2.45) is 0 Å². The van der Waals surface area contributed by atoms with Gasteiger partial charge < -0.3 is 10.6 Å². The average Bonchev–Trinajstić information content (AvgIpc) is 2.81. The SMILES string of the molecule is Clc1cccc(C2CC(c3cccc(Cl)c3)Nc3ccccc3N2)c1. The first-order valence-corrected chi connectivity index (χ1v) is 9.08. The van der Waals surface area contributed by atoms with Crippen LogP contribution < -0.4 is 10.6 Å². The molecule has 2 N–H and O–H groups in total. The zero-order valence-electron chi connectivity index (χ0n) is 13.5. The molecule has 4 rings (SSSR count). The first kappa shape index (κ1) is 16.3. The van der Waals surface area contributed by atoms with Crippen LogP contribution in [-0.4, -0.2) is 0 Å². The Morgan fingerprint density at radius 2 is 1.12 bits per heavy atom. The molecule has 0 radical (unpaired) electrons. The van der Waals surface area contributed by atoms with Gasteiger partial charge in [0.15, 0.2) is 0 Å². The van der Waals surface area contributed by atoms with Crippen molar-refractivity contribution < 1.29 is 0 Å². The van der Waals surface area contributed by atoms with Gasteiger partial charge in [-0.3, -0.25) is 0 Å². The topological polar surface area (TPSA) is 24.1 Å². The maximum Gasteiger partial charge on any atom is 0.0580 e. The highest BCUT2D eigenvalue weighted by Gasteiger charge is 2.25. The van der Waals surface area contributed by atoms with E-state index in [-0.39, 0.29) is 12.1 Å². The molecular formula is C21H18Cl2N2. The molecule has 0 saturated carbocycles. The zero-order chi connectivity index (χ0) is 17.2. The van der Waals surface area contributed by atoms with Crippen LogP contribution in [0.4, 0.5) is 11.4 Å². The van der Waals surface area contributed by atoms with Crippen LogP contribution in [0, 0.1) is 0 Å². The fourth-order valence-electron chi connectivity index (χ4n) is 3.35. The van der Waals surface area contributed by atoms with Crippen LogP contribution in [0.3, 0.4) is 0 Å². The van der Waals surface area contributed by atoms with Crippen LogP contribution in [0.5, 0.6) is 0 Å². The van der Waals surface area contributed by atoms with Gasteiger partial charge in [0.25, 0.3) is 0 Å². The predicted molar refractivity (Wildman–Crippen MR) is 107 cm³/mol. The molecule has 1 aliphatic heterocycles. The molecule has 1 heterocycles. The van der Waals surface area contributed by atoms with Crippen LogP contribution in [0.2, 0.25) is 10.0 Å². The highest BCUT2D eigenvalue weighted by atomic mass is 35.5. The molecule has 2 nitrogen and oxygen atoms in total. The summed E-state index contributed by atoms with van der Waals surface area (Å²) in [5.74, 6) is 0. The minimum absolute atomic E-state index is 0.152. The van der Waals surface area contributed by atoms with Gasteiger partial charge in [0.2, 0.25) is 0 Å². The molecule has 0 amide bonds. The van der Waals surface area contributed by atoms with Crippen molar-refractivity contribution >= 4 is 34.6 Å². The van der Waals surface area contributed by atoms with Crippen molar-refractivity contribution in [2.45, 2.75) is 18.5 Å². The minimum atomic E-state index is 0.152. The monoisotopic (exact) mass is 368 g/mol. The molecule has 3 aromatic rings. The lowest BCUT2D eigenvalue weighted by atomic mass is 9.95. The maximum atomic E-state index is 6.22. The van der Waals surface area contributed by atoms with E-state index in [1.54, 1.807) is 0 Å². The number of fused-ring (bicyclic) bond motifs is 1. The highest BCUT2D eigenvalue weighted by Crippen LogP contribution is 2.39. The Hall–Kier alpha value is -2.16. The molecule has 4 heteroatoms. The van der Waals surface area contributed by atoms with Crippen LogP contribution in [0.1, 0.15) is 29.6 Å². The standard InChI is InChI=1S/C21H18Cl2N2/c22-16-7-3-5-14(11-16)20-13-21(15-6-4-8-17(23)12-15)25-19-10-2-1-9-18(19)24-20/h1-12,20-21,24-25H,13H2. The molecule has 25 heavy (non-hydrogen) atoms. The quantitative estimate of drug-likeness (QED) is 0.525. The van der Waals surface area contributed by atoms with Crippen molar-refractivity contribution in [3.63, 3.8) is 0 Å². The molecule has 1 aliphatic rings. The van der Waals surface area contributed by atoms with Gasteiger partial charge in [0, 0.05) is 10.0 Å². The smallest absolute Gasteiger partial charge is 0.0580 e. The van der Waals surface area contributed by atoms with Crippen molar-refractivity contribution in [3.8, 4) is 0 Å². The highest BCUT2D eigenvalue weighted by molar-refractivity contribution is 6.30. The number of anilines is 2. The number of halogens is 2. The van der Waals surface area contributed by atoms with E-state index < -0.39 is 0 Å². The summed E-state index contributed by atoms with van der Waals surface area (Å²) in [5.41, 5.74) is 4.55. The molecule has 0 bridgehead atoms.